The molecular formula is C11H11ClN4O. The van der Waals surface area contributed by atoms with Gasteiger partial charge in [0.05, 0.1) is 11.7 Å². The summed E-state index contributed by atoms with van der Waals surface area (Å²) < 4.78 is 0. The van der Waals surface area contributed by atoms with E-state index in [0.717, 1.165) is 0 Å². The van der Waals surface area contributed by atoms with Gasteiger partial charge in [-0.1, -0.05) is 11.6 Å². The monoisotopic (exact) mass is 250 g/mol. The van der Waals surface area contributed by atoms with Crippen molar-refractivity contribution in [2.45, 2.75) is 6.92 Å². The van der Waals surface area contributed by atoms with Crippen LogP contribution < -0.4 is 4.90 Å². The van der Waals surface area contributed by atoms with E-state index >= 15 is 0 Å². The Morgan fingerprint density at radius 1 is 1.59 bits per heavy atom. The highest BCUT2D eigenvalue weighted by atomic mass is 35.5. The lowest BCUT2D eigenvalue weighted by Crippen LogP contribution is -2.27. The number of likely N-dealkylation sites (N-methyl/N-ethyl adjacent to an activating group) is 1. The van der Waals surface area contributed by atoms with Gasteiger partial charge in [-0.05, 0) is 19.1 Å². The number of rotatable bonds is 2. The van der Waals surface area contributed by atoms with Gasteiger partial charge in [-0.3, -0.25) is 4.79 Å². The zero-order valence-corrected chi connectivity index (χ0v) is 10.1. The third-order valence-corrected chi connectivity index (χ3v) is 2.97. The van der Waals surface area contributed by atoms with Crippen LogP contribution in [-0.4, -0.2) is 35.5 Å². The maximum atomic E-state index is 11.6. The van der Waals surface area contributed by atoms with Crippen LogP contribution in [-0.2, 0) is 4.79 Å². The second-order valence-electron chi connectivity index (χ2n) is 3.70. The second-order valence-corrected chi connectivity index (χ2v) is 4.11. The normalized spacial score (nSPS) is 15.2. The standard InChI is InChI=1S/C11H11ClN4O/c1-2-15-7-16(6-11(15)17)10-4-3-8(12)9(5-13)14-10/h3-4H,2,6-7H2,1H3. The minimum Gasteiger partial charge on any atom is -0.329 e. The fourth-order valence-electron chi connectivity index (χ4n) is 1.71. The topological polar surface area (TPSA) is 60.2 Å². The van der Waals surface area contributed by atoms with Crippen LogP contribution in [0.4, 0.5) is 5.82 Å². The Labute approximate surface area is 104 Å². The highest BCUT2D eigenvalue weighted by Crippen LogP contribution is 2.21. The number of amides is 1. The number of halogens is 1. The molecule has 1 fully saturated rings. The van der Waals surface area contributed by atoms with Gasteiger partial charge in [0, 0.05) is 6.54 Å². The highest BCUT2D eigenvalue weighted by Gasteiger charge is 2.27. The van der Waals surface area contributed by atoms with Crippen molar-refractivity contribution in [3.05, 3.63) is 22.8 Å². The lowest BCUT2D eigenvalue weighted by atomic mass is 10.3. The Kier molecular flexibility index (Phi) is 3.16. The maximum absolute atomic E-state index is 11.6. The number of nitrogens with zero attached hydrogens (tertiary/aromatic N) is 4. The molecule has 1 amide bonds. The molecule has 17 heavy (non-hydrogen) atoms. The Hall–Kier alpha value is -1.80. The van der Waals surface area contributed by atoms with Gasteiger partial charge in [0.15, 0.2) is 5.69 Å². The smallest absolute Gasteiger partial charge is 0.243 e. The summed E-state index contributed by atoms with van der Waals surface area (Å²) in [6.07, 6.45) is 0. The lowest BCUT2D eigenvalue weighted by Gasteiger charge is -2.17. The summed E-state index contributed by atoms with van der Waals surface area (Å²) >= 11 is 5.81. The molecule has 1 aromatic rings. The molecule has 1 aromatic heterocycles. The molecule has 0 unspecified atom stereocenters. The summed E-state index contributed by atoms with van der Waals surface area (Å²) in [7, 11) is 0. The van der Waals surface area contributed by atoms with Crippen molar-refractivity contribution in [1.82, 2.24) is 9.88 Å². The summed E-state index contributed by atoms with van der Waals surface area (Å²) in [5.74, 6) is 0.679. The van der Waals surface area contributed by atoms with Crippen LogP contribution >= 0.6 is 11.6 Å². The Morgan fingerprint density at radius 2 is 2.35 bits per heavy atom. The SMILES string of the molecule is CCN1CN(c2ccc(Cl)c(C#N)n2)CC1=O. The van der Waals surface area contributed by atoms with Gasteiger partial charge in [0.25, 0.3) is 0 Å². The minimum absolute atomic E-state index is 0.0720. The highest BCUT2D eigenvalue weighted by molar-refractivity contribution is 6.31. The molecule has 6 heteroatoms. The summed E-state index contributed by atoms with van der Waals surface area (Å²) in [6, 6.07) is 5.27. The van der Waals surface area contributed by atoms with Crippen LogP contribution in [0.2, 0.25) is 5.02 Å². The van der Waals surface area contributed by atoms with Gasteiger partial charge in [0.2, 0.25) is 5.91 Å². The summed E-state index contributed by atoms with van der Waals surface area (Å²) in [5, 5.41) is 9.17. The molecular weight excluding hydrogens is 240 g/mol. The molecule has 0 saturated carbocycles. The van der Waals surface area contributed by atoms with Crippen molar-refractivity contribution in [1.29, 1.82) is 5.26 Å². The van der Waals surface area contributed by atoms with E-state index in [1.807, 2.05) is 17.9 Å². The average Bonchev–Trinajstić information content (AvgIpc) is 2.71. The largest absolute Gasteiger partial charge is 0.329 e. The van der Waals surface area contributed by atoms with Crippen molar-refractivity contribution in [3.8, 4) is 6.07 Å². The van der Waals surface area contributed by atoms with Crippen molar-refractivity contribution in [2.24, 2.45) is 0 Å². The summed E-state index contributed by atoms with van der Waals surface area (Å²) in [5.41, 5.74) is 0.187. The molecule has 0 aliphatic carbocycles. The van der Waals surface area contributed by atoms with Gasteiger partial charge in [-0.15, -0.1) is 0 Å². The van der Waals surface area contributed by atoms with Crippen molar-refractivity contribution in [2.75, 3.05) is 24.7 Å². The molecule has 88 valence electrons. The fraction of sp³-hybridized carbons (Fsp3) is 0.364. The van der Waals surface area contributed by atoms with E-state index < -0.39 is 0 Å². The molecule has 1 saturated heterocycles. The van der Waals surface area contributed by atoms with Gasteiger partial charge < -0.3 is 9.80 Å². The van der Waals surface area contributed by atoms with Crippen LogP contribution in [0.5, 0.6) is 0 Å². The van der Waals surface area contributed by atoms with E-state index in [1.54, 1.807) is 17.0 Å². The number of hydrogen-bond donors (Lipinski definition) is 0. The number of carbonyl (C=O) groups excluding carboxylic acids is 1. The van der Waals surface area contributed by atoms with E-state index in [0.29, 0.717) is 30.6 Å². The van der Waals surface area contributed by atoms with E-state index in [2.05, 4.69) is 4.98 Å². The molecule has 0 spiro atoms. The van der Waals surface area contributed by atoms with E-state index in [1.165, 1.54) is 0 Å². The molecule has 0 aromatic carbocycles. The Morgan fingerprint density at radius 3 is 2.94 bits per heavy atom. The predicted molar refractivity (Wildman–Crippen MR) is 63.6 cm³/mol. The second kappa shape index (κ2) is 4.60. The summed E-state index contributed by atoms with van der Waals surface area (Å²) in [6.45, 7) is 3.41. The fourth-order valence-corrected chi connectivity index (χ4v) is 1.86. The molecule has 5 nitrogen and oxygen atoms in total. The van der Waals surface area contributed by atoms with Crippen molar-refractivity contribution < 1.29 is 4.79 Å². The Balaban J connectivity index is 2.25. The molecule has 2 rings (SSSR count). The number of hydrogen-bond acceptors (Lipinski definition) is 4. The van der Waals surface area contributed by atoms with Crippen LogP contribution in [0.15, 0.2) is 12.1 Å². The van der Waals surface area contributed by atoms with Crippen molar-refractivity contribution >= 4 is 23.3 Å². The number of carbonyl (C=O) groups is 1. The molecule has 1 aliphatic rings. The van der Waals surface area contributed by atoms with E-state index in [4.69, 9.17) is 16.9 Å². The number of nitriles is 1. The van der Waals surface area contributed by atoms with Gasteiger partial charge in [0.1, 0.15) is 18.4 Å². The van der Waals surface area contributed by atoms with Crippen LogP contribution in [0, 0.1) is 11.3 Å². The van der Waals surface area contributed by atoms with E-state index in [-0.39, 0.29) is 11.6 Å². The average molecular weight is 251 g/mol. The first-order valence-corrected chi connectivity index (χ1v) is 5.63. The van der Waals surface area contributed by atoms with Crippen LogP contribution in [0.1, 0.15) is 12.6 Å². The Bertz CT molecular complexity index is 497. The molecule has 1 aliphatic heterocycles. The maximum Gasteiger partial charge on any atom is 0.243 e. The number of pyridine rings is 1. The first-order valence-electron chi connectivity index (χ1n) is 5.25. The van der Waals surface area contributed by atoms with Gasteiger partial charge in [-0.25, -0.2) is 4.98 Å². The van der Waals surface area contributed by atoms with Gasteiger partial charge >= 0.3 is 0 Å². The van der Waals surface area contributed by atoms with E-state index in [9.17, 15) is 4.79 Å². The van der Waals surface area contributed by atoms with Crippen LogP contribution in [0.25, 0.3) is 0 Å². The zero-order chi connectivity index (χ0) is 12.4. The third kappa shape index (κ3) is 2.17. The third-order valence-electron chi connectivity index (χ3n) is 2.66. The number of aromatic nitrogens is 1. The van der Waals surface area contributed by atoms with Gasteiger partial charge in [-0.2, -0.15) is 5.26 Å². The van der Waals surface area contributed by atoms with Crippen molar-refractivity contribution in [3.63, 3.8) is 0 Å². The first kappa shape index (κ1) is 11.7. The molecule has 0 radical (unpaired) electrons. The molecule has 2 heterocycles. The minimum atomic E-state index is 0.0720. The first-order chi connectivity index (χ1) is 8.15. The quantitative estimate of drug-likeness (QED) is 0.792. The van der Waals surface area contributed by atoms with Crippen LogP contribution in [0.3, 0.4) is 0 Å². The summed E-state index contributed by atoms with van der Waals surface area (Å²) in [4.78, 5) is 19.3. The lowest BCUT2D eigenvalue weighted by molar-refractivity contribution is -0.126. The predicted octanol–water partition coefficient (Wildman–Crippen LogP) is 1.23. The number of anilines is 1. The zero-order valence-electron chi connectivity index (χ0n) is 9.35. The molecule has 0 bridgehead atoms. The molecule has 0 N–H and O–H groups in total. The molecule has 0 atom stereocenters.